The van der Waals surface area contributed by atoms with E-state index in [1.54, 1.807) is 11.8 Å². The molecule has 1 aliphatic heterocycles. The zero-order valence-electron chi connectivity index (χ0n) is 10.7. The first-order chi connectivity index (χ1) is 9.43. The van der Waals surface area contributed by atoms with Gasteiger partial charge in [0.05, 0.1) is 9.82 Å². The van der Waals surface area contributed by atoms with Crippen molar-refractivity contribution in [2.24, 2.45) is 0 Å². The molecule has 0 aliphatic carbocycles. The zero-order chi connectivity index (χ0) is 14.8. The van der Waals surface area contributed by atoms with Crippen molar-refractivity contribution in [1.82, 2.24) is 4.31 Å². The highest BCUT2D eigenvalue weighted by Crippen LogP contribution is 2.27. The average Bonchev–Trinajstić information content (AvgIpc) is 2.67. The van der Waals surface area contributed by atoms with E-state index in [0.717, 1.165) is 24.0 Å². The van der Waals surface area contributed by atoms with E-state index in [2.05, 4.69) is 0 Å². The van der Waals surface area contributed by atoms with Gasteiger partial charge in [-0.25, -0.2) is 8.42 Å². The number of nitrogen functional groups attached to an aromatic ring is 1. The number of nitro groups is 1. The molecule has 0 bridgehead atoms. The number of benzene rings is 1. The van der Waals surface area contributed by atoms with E-state index in [1.807, 2.05) is 0 Å². The maximum absolute atomic E-state index is 12.5. The molecule has 0 unspecified atom stereocenters. The Morgan fingerprint density at radius 2 is 2.05 bits per heavy atom. The molecule has 1 aliphatic rings. The summed E-state index contributed by atoms with van der Waals surface area (Å²) in [6, 6.07) is 3.61. The summed E-state index contributed by atoms with van der Waals surface area (Å²) in [6.07, 6.45) is 0.779. The third-order valence-corrected chi connectivity index (χ3v) is 5.96. The molecule has 0 saturated carbocycles. The van der Waals surface area contributed by atoms with Gasteiger partial charge in [-0.2, -0.15) is 16.1 Å². The molecule has 1 fully saturated rings. The number of nitrogens with zero attached hydrogens (tertiary/aromatic N) is 2. The summed E-state index contributed by atoms with van der Waals surface area (Å²) < 4.78 is 26.3. The molecule has 0 spiro atoms. The van der Waals surface area contributed by atoms with Crippen LogP contribution < -0.4 is 5.73 Å². The molecule has 20 heavy (non-hydrogen) atoms. The van der Waals surface area contributed by atoms with Gasteiger partial charge in [0.1, 0.15) is 5.69 Å². The lowest BCUT2D eigenvalue weighted by Gasteiger charge is -2.19. The second-order valence-corrected chi connectivity index (χ2v) is 7.51. The van der Waals surface area contributed by atoms with Gasteiger partial charge in [-0.05, 0) is 24.3 Å². The standard InChI is InChI=1S/C11H15N3O4S2/c12-10-3-2-9(8-11(10)14(15)16)20(17,18)13-4-1-6-19-7-5-13/h2-3,8H,1,4-7,12H2. The lowest BCUT2D eigenvalue weighted by Crippen LogP contribution is -2.33. The molecule has 110 valence electrons. The van der Waals surface area contributed by atoms with E-state index in [4.69, 9.17) is 5.73 Å². The smallest absolute Gasteiger partial charge is 0.293 e. The topological polar surface area (TPSA) is 107 Å². The van der Waals surface area contributed by atoms with E-state index in [9.17, 15) is 18.5 Å². The van der Waals surface area contributed by atoms with E-state index in [0.29, 0.717) is 13.1 Å². The molecule has 0 aromatic heterocycles. The largest absolute Gasteiger partial charge is 0.393 e. The van der Waals surface area contributed by atoms with E-state index < -0.39 is 14.9 Å². The van der Waals surface area contributed by atoms with E-state index in [1.165, 1.54) is 16.4 Å². The van der Waals surface area contributed by atoms with Gasteiger partial charge in [0.25, 0.3) is 5.69 Å². The van der Waals surface area contributed by atoms with Crippen LogP contribution >= 0.6 is 11.8 Å². The van der Waals surface area contributed by atoms with Gasteiger partial charge in [0.15, 0.2) is 0 Å². The maximum atomic E-state index is 12.5. The molecule has 2 rings (SSSR count). The number of rotatable bonds is 3. The van der Waals surface area contributed by atoms with Crippen LogP contribution in [-0.4, -0.2) is 42.2 Å². The summed E-state index contributed by atoms with van der Waals surface area (Å²) in [5, 5.41) is 10.8. The molecule has 0 atom stereocenters. The summed E-state index contributed by atoms with van der Waals surface area (Å²) >= 11 is 1.71. The van der Waals surface area contributed by atoms with Crippen molar-refractivity contribution in [2.45, 2.75) is 11.3 Å². The van der Waals surface area contributed by atoms with Crippen molar-refractivity contribution < 1.29 is 13.3 Å². The number of nitrogens with two attached hydrogens (primary N) is 1. The lowest BCUT2D eigenvalue weighted by atomic mass is 10.3. The number of anilines is 1. The predicted octanol–water partition coefficient (Wildman–Crippen LogP) is 1.30. The quantitative estimate of drug-likeness (QED) is 0.511. The minimum atomic E-state index is -3.70. The molecule has 7 nitrogen and oxygen atoms in total. The zero-order valence-corrected chi connectivity index (χ0v) is 12.3. The Morgan fingerprint density at radius 3 is 2.75 bits per heavy atom. The van der Waals surface area contributed by atoms with Crippen molar-refractivity contribution >= 4 is 33.2 Å². The Labute approximate surface area is 121 Å². The van der Waals surface area contributed by atoms with Gasteiger partial charge in [0, 0.05) is 24.9 Å². The SMILES string of the molecule is Nc1ccc(S(=O)(=O)N2CCCSCC2)cc1[N+](=O)[O-]. The van der Waals surface area contributed by atoms with Crippen LogP contribution in [0.25, 0.3) is 0 Å². The minimum Gasteiger partial charge on any atom is -0.393 e. The summed E-state index contributed by atoms with van der Waals surface area (Å²) in [5.74, 6) is 1.66. The highest BCUT2D eigenvalue weighted by molar-refractivity contribution is 7.99. The molecule has 1 aromatic carbocycles. The Balaban J connectivity index is 2.38. The third-order valence-electron chi connectivity index (χ3n) is 3.02. The van der Waals surface area contributed by atoms with Gasteiger partial charge < -0.3 is 5.73 Å². The molecule has 1 aromatic rings. The Kier molecular flexibility index (Phi) is 4.51. The fourth-order valence-electron chi connectivity index (χ4n) is 1.95. The van der Waals surface area contributed by atoms with Crippen LogP contribution in [0.3, 0.4) is 0 Å². The monoisotopic (exact) mass is 317 g/mol. The van der Waals surface area contributed by atoms with E-state index in [-0.39, 0.29) is 16.3 Å². The fraction of sp³-hybridized carbons (Fsp3) is 0.455. The second-order valence-electron chi connectivity index (χ2n) is 4.35. The first kappa shape index (κ1) is 15.1. The van der Waals surface area contributed by atoms with E-state index >= 15 is 0 Å². The maximum Gasteiger partial charge on any atom is 0.293 e. The van der Waals surface area contributed by atoms with Gasteiger partial charge in [0.2, 0.25) is 10.0 Å². The van der Waals surface area contributed by atoms with Crippen molar-refractivity contribution in [3.63, 3.8) is 0 Å². The molecule has 0 radical (unpaired) electrons. The van der Waals surface area contributed by atoms with Gasteiger partial charge in [-0.15, -0.1) is 0 Å². The number of nitro benzene ring substituents is 1. The average molecular weight is 317 g/mol. The van der Waals surface area contributed by atoms with Crippen molar-refractivity contribution in [2.75, 3.05) is 30.3 Å². The number of hydrogen-bond acceptors (Lipinski definition) is 6. The molecule has 1 saturated heterocycles. The molecule has 1 heterocycles. The van der Waals surface area contributed by atoms with Crippen molar-refractivity contribution in [3.05, 3.63) is 28.3 Å². The van der Waals surface area contributed by atoms with Crippen LogP contribution in [0.5, 0.6) is 0 Å². The Morgan fingerprint density at radius 1 is 1.30 bits per heavy atom. The third kappa shape index (κ3) is 3.05. The highest BCUT2D eigenvalue weighted by Gasteiger charge is 2.27. The second kappa shape index (κ2) is 5.98. The lowest BCUT2D eigenvalue weighted by molar-refractivity contribution is -0.384. The summed E-state index contributed by atoms with van der Waals surface area (Å²) in [7, 11) is -3.70. The van der Waals surface area contributed by atoms with Gasteiger partial charge in [-0.1, -0.05) is 0 Å². The highest BCUT2D eigenvalue weighted by atomic mass is 32.2. The van der Waals surface area contributed by atoms with Crippen LogP contribution in [-0.2, 0) is 10.0 Å². The minimum absolute atomic E-state index is 0.0413. The number of hydrogen-bond donors (Lipinski definition) is 1. The van der Waals surface area contributed by atoms with Crippen LogP contribution in [0.15, 0.2) is 23.1 Å². The Bertz CT molecular complexity index is 610. The summed E-state index contributed by atoms with van der Waals surface area (Å²) in [4.78, 5) is 10.1. The molecule has 2 N–H and O–H groups in total. The van der Waals surface area contributed by atoms with Crippen LogP contribution in [0, 0.1) is 10.1 Å². The molecular formula is C11H15N3O4S2. The van der Waals surface area contributed by atoms with Crippen molar-refractivity contribution in [3.8, 4) is 0 Å². The summed E-state index contributed by atoms with van der Waals surface area (Å²) in [5.41, 5.74) is 5.06. The number of sulfonamides is 1. The molecular weight excluding hydrogens is 302 g/mol. The van der Waals surface area contributed by atoms with Gasteiger partial charge in [-0.3, -0.25) is 10.1 Å². The first-order valence-electron chi connectivity index (χ1n) is 6.05. The van der Waals surface area contributed by atoms with Crippen LogP contribution in [0.2, 0.25) is 0 Å². The first-order valence-corrected chi connectivity index (χ1v) is 8.64. The predicted molar refractivity (Wildman–Crippen MR) is 78.2 cm³/mol. The van der Waals surface area contributed by atoms with Crippen LogP contribution in [0.4, 0.5) is 11.4 Å². The molecule has 0 amide bonds. The number of thioether (sulfide) groups is 1. The Hall–Kier alpha value is -1.32. The normalized spacial score (nSPS) is 17.6. The summed E-state index contributed by atoms with van der Waals surface area (Å²) in [6.45, 7) is 0.860. The van der Waals surface area contributed by atoms with Crippen molar-refractivity contribution in [1.29, 1.82) is 0 Å². The fourth-order valence-corrected chi connectivity index (χ4v) is 4.46. The molecule has 9 heteroatoms. The van der Waals surface area contributed by atoms with Gasteiger partial charge >= 0.3 is 0 Å². The van der Waals surface area contributed by atoms with Crippen LogP contribution in [0.1, 0.15) is 6.42 Å².